The number of aromatic amines is 1. The number of nitrogens with zero attached hydrogens (tertiary/aromatic N) is 1. The normalized spacial score (nSPS) is 12.8. The molecule has 2 rings (SSSR count). The van der Waals surface area contributed by atoms with E-state index in [1.807, 2.05) is 6.92 Å². The summed E-state index contributed by atoms with van der Waals surface area (Å²) in [6.45, 7) is 3.35. The number of hydrogen-bond acceptors (Lipinski definition) is 4. The van der Waals surface area contributed by atoms with Crippen LogP contribution in [0.3, 0.4) is 0 Å². The number of nitrogens with one attached hydrogen (secondary N) is 2. The monoisotopic (exact) mass is 295 g/mol. The first-order valence-corrected chi connectivity index (χ1v) is 6.95. The highest BCUT2D eigenvalue weighted by Crippen LogP contribution is 2.17. The van der Waals surface area contributed by atoms with Gasteiger partial charge in [-0.05, 0) is 24.6 Å². The highest BCUT2D eigenvalue weighted by atomic mass is 35.5. The fourth-order valence-electron chi connectivity index (χ4n) is 2.07. The summed E-state index contributed by atoms with van der Waals surface area (Å²) >= 11 is 5.95. The molecule has 0 unspecified atom stereocenters. The lowest BCUT2D eigenvalue weighted by Gasteiger charge is -2.16. The smallest absolute Gasteiger partial charge is 0.258 e. The fraction of sp³-hybridized carbons (Fsp3) is 0.429. The Hall–Kier alpha value is -1.43. The van der Waals surface area contributed by atoms with Crippen LogP contribution in [0.2, 0.25) is 5.02 Å². The zero-order chi connectivity index (χ0) is 14.5. The van der Waals surface area contributed by atoms with Gasteiger partial charge >= 0.3 is 0 Å². The van der Waals surface area contributed by atoms with Gasteiger partial charge in [-0.3, -0.25) is 4.79 Å². The van der Waals surface area contributed by atoms with Gasteiger partial charge in [0.2, 0.25) is 0 Å². The van der Waals surface area contributed by atoms with E-state index in [1.165, 1.54) is 0 Å². The summed E-state index contributed by atoms with van der Waals surface area (Å²) in [5, 5.41) is 4.42. The molecule has 0 fully saturated rings. The molecule has 108 valence electrons. The first-order chi connectivity index (χ1) is 9.65. The Morgan fingerprint density at radius 1 is 1.50 bits per heavy atom. The molecule has 0 bridgehead atoms. The summed E-state index contributed by atoms with van der Waals surface area (Å²) in [7, 11) is 1.65. The van der Waals surface area contributed by atoms with Crippen molar-refractivity contribution in [3.63, 3.8) is 0 Å². The van der Waals surface area contributed by atoms with Gasteiger partial charge in [-0.1, -0.05) is 18.5 Å². The molecule has 1 aromatic heterocycles. The topological polar surface area (TPSA) is 67.0 Å². The molecular weight excluding hydrogens is 278 g/mol. The zero-order valence-electron chi connectivity index (χ0n) is 11.6. The van der Waals surface area contributed by atoms with E-state index in [9.17, 15) is 4.79 Å². The second-order valence-corrected chi connectivity index (χ2v) is 4.96. The maximum absolute atomic E-state index is 12.1. The van der Waals surface area contributed by atoms with E-state index in [4.69, 9.17) is 16.3 Å². The summed E-state index contributed by atoms with van der Waals surface area (Å²) in [6.07, 6.45) is 0.818. The third-order valence-electron chi connectivity index (χ3n) is 3.12. The molecule has 2 N–H and O–H groups in total. The van der Waals surface area contributed by atoms with E-state index < -0.39 is 0 Å². The van der Waals surface area contributed by atoms with E-state index in [2.05, 4.69) is 15.3 Å². The fourth-order valence-corrected chi connectivity index (χ4v) is 2.23. The molecule has 1 heterocycles. The highest BCUT2D eigenvalue weighted by molar-refractivity contribution is 6.31. The van der Waals surface area contributed by atoms with Crippen LogP contribution < -0.4 is 10.9 Å². The quantitative estimate of drug-likeness (QED) is 0.802. The van der Waals surface area contributed by atoms with Crippen molar-refractivity contribution in [1.29, 1.82) is 0 Å². The minimum atomic E-state index is -0.145. The maximum atomic E-state index is 12.1. The minimum absolute atomic E-state index is 0.0127. The van der Waals surface area contributed by atoms with Crippen LogP contribution in [0, 0.1) is 0 Å². The molecule has 0 aliphatic heterocycles. The molecule has 0 saturated carbocycles. The Morgan fingerprint density at radius 3 is 3.00 bits per heavy atom. The summed E-state index contributed by atoms with van der Waals surface area (Å²) in [4.78, 5) is 19.4. The number of H-pyrrole nitrogens is 1. The number of ether oxygens (including phenoxy) is 1. The molecule has 2 aromatic rings. The number of rotatable bonds is 6. The van der Waals surface area contributed by atoms with E-state index in [1.54, 1.807) is 25.3 Å². The number of hydrogen-bond donors (Lipinski definition) is 2. The molecule has 1 aromatic carbocycles. The van der Waals surface area contributed by atoms with Crippen molar-refractivity contribution < 1.29 is 4.74 Å². The molecule has 20 heavy (non-hydrogen) atoms. The van der Waals surface area contributed by atoms with Gasteiger partial charge in [-0.25, -0.2) is 4.98 Å². The Balaban J connectivity index is 2.35. The minimum Gasteiger partial charge on any atom is -0.383 e. The van der Waals surface area contributed by atoms with Crippen molar-refractivity contribution in [2.75, 3.05) is 20.3 Å². The first-order valence-electron chi connectivity index (χ1n) is 6.57. The van der Waals surface area contributed by atoms with Crippen molar-refractivity contribution >= 4 is 22.5 Å². The molecule has 0 spiro atoms. The van der Waals surface area contributed by atoms with Gasteiger partial charge in [0, 0.05) is 18.7 Å². The predicted octanol–water partition coefficient (Wildman–Crippen LogP) is 2.26. The summed E-state index contributed by atoms with van der Waals surface area (Å²) in [5.41, 5.74) is 0.469. The lowest BCUT2D eigenvalue weighted by molar-refractivity contribution is 0.195. The third-order valence-corrected chi connectivity index (χ3v) is 3.36. The molecule has 0 aliphatic rings. The Bertz CT molecular complexity index is 642. The Labute approximate surface area is 122 Å². The van der Waals surface area contributed by atoms with Crippen molar-refractivity contribution in [3.05, 3.63) is 39.4 Å². The van der Waals surface area contributed by atoms with Crippen LogP contribution in [-0.2, 0) is 4.74 Å². The van der Waals surface area contributed by atoms with Crippen LogP contribution in [-0.4, -0.2) is 30.2 Å². The van der Waals surface area contributed by atoms with E-state index in [0.29, 0.717) is 34.9 Å². The molecule has 0 radical (unpaired) electrons. The van der Waals surface area contributed by atoms with Gasteiger partial charge in [0.05, 0.1) is 23.6 Å². The van der Waals surface area contributed by atoms with E-state index in [0.717, 1.165) is 6.42 Å². The molecular formula is C14H18ClN3O2. The van der Waals surface area contributed by atoms with Crippen LogP contribution in [0.25, 0.3) is 10.9 Å². The molecule has 1 atom stereocenters. The first kappa shape index (κ1) is 15.0. The van der Waals surface area contributed by atoms with Gasteiger partial charge in [0.15, 0.2) is 0 Å². The Kier molecular flexibility index (Phi) is 5.11. The van der Waals surface area contributed by atoms with Gasteiger partial charge in [0.1, 0.15) is 5.82 Å². The lowest BCUT2D eigenvalue weighted by Crippen LogP contribution is -2.28. The van der Waals surface area contributed by atoms with E-state index in [-0.39, 0.29) is 11.6 Å². The van der Waals surface area contributed by atoms with Crippen LogP contribution >= 0.6 is 11.6 Å². The van der Waals surface area contributed by atoms with Crippen LogP contribution in [0.4, 0.5) is 0 Å². The number of benzene rings is 1. The van der Waals surface area contributed by atoms with Crippen molar-refractivity contribution in [2.45, 2.75) is 19.4 Å². The number of fused-ring (bicyclic) bond motifs is 1. The maximum Gasteiger partial charge on any atom is 0.258 e. The average molecular weight is 296 g/mol. The highest BCUT2D eigenvalue weighted by Gasteiger charge is 2.13. The standard InChI is InChI=1S/C14H18ClN3O2/c1-3-11(16-6-7-20-2)13-17-12-8-9(15)4-5-10(12)14(19)18-13/h4-5,8,11,16H,3,6-7H2,1-2H3,(H,17,18,19)/t11-/m1/s1. The second kappa shape index (κ2) is 6.83. The van der Waals surface area contributed by atoms with Crippen molar-refractivity contribution in [1.82, 2.24) is 15.3 Å². The lowest BCUT2D eigenvalue weighted by atomic mass is 10.2. The summed E-state index contributed by atoms with van der Waals surface area (Å²) in [6, 6.07) is 5.07. The molecule has 6 heteroatoms. The number of halogens is 1. The van der Waals surface area contributed by atoms with Gasteiger partial charge in [-0.2, -0.15) is 0 Å². The molecule has 0 amide bonds. The molecule has 0 aliphatic carbocycles. The summed E-state index contributed by atoms with van der Waals surface area (Å²) in [5.74, 6) is 0.628. The van der Waals surface area contributed by atoms with Gasteiger partial charge < -0.3 is 15.0 Å². The number of aromatic nitrogens is 2. The van der Waals surface area contributed by atoms with Crippen LogP contribution in [0.15, 0.2) is 23.0 Å². The molecule has 0 saturated heterocycles. The molecule has 5 nitrogen and oxygen atoms in total. The van der Waals surface area contributed by atoms with Crippen molar-refractivity contribution in [2.24, 2.45) is 0 Å². The third kappa shape index (κ3) is 3.36. The zero-order valence-corrected chi connectivity index (χ0v) is 12.3. The van der Waals surface area contributed by atoms with Crippen molar-refractivity contribution in [3.8, 4) is 0 Å². The van der Waals surface area contributed by atoms with Gasteiger partial charge in [0.25, 0.3) is 5.56 Å². The second-order valence-electron chi connectivity index (χ2n) is 4.52. The predicted molar refractivity (Wildman–Crippen MR) is 80.3 cm³/mol. The van der Waals surface area contributed by atoms with Gasteiger partial charge in [-0.15, -0.1) is 0 Å². The SMILES string of the molecule is CC[C@@H](NCCOC)c1nc2cc(Cl)ccc2c(=O)[nH]1. The van der Waals surface area contributed by atoms with Crippen LogP contribution in [0.1, 0.15) is 25.2 Å². The Morgan fingerprint density at radius 2 is 2.30 bits per heavy atom. The van der Waals surface area contributed by atoms with Crippen LogP contribution in [0.5, 0.6) is 0 Å². The van der Waals surface area contributed by atoms with E-state index >= 15 is 0 Å². The summed E-state index contributed by atoms with van der Waals surface area (Å²) < 4.78 is 5.01. The largest absolute Gasteiger partial charge is 0.383 e. The average Bonchev–Trinajstić information content (AvgIpc) is 2.43. The number of methoxy groups -OCH3 is 1.